The lowest BCUT2D eigenvalue weighted by molar-refractivity contribution is 0.315. The van der Waals surface area contributed by atoms with Gasteiger partial charge >= 0.3 is 0 Å². The van der Waals surface area contributed by atoms with Gasteiger partial charge in [0.15, 0.2) is 0 Å². The molecule has 1 N–H and O–H groups in total. The van der Waals surface area contributed by atoms with Crippen molar-refractivity contribution >= 4 is 5.71 Å². The molecule has 0 rings (SSSR count). The standard InChI is InChI=1S/C10H21NO/c1-3-5-7-9-10(11-12)8-6-4-2/h12H,3-9H2,1-2H3/b11-10+. The fourth-order valence-corrected chi connectivity index (χ4v) is 1.18. The molecule has 0 saturated heterocycles. The van der Waals surface area contributed by atoms with Crippen molar-refractivity contribution in [1.82, 2.24) is 0 Å². The third-order valence-electron chi connectivity index (χ3n) is 2.03. The lowest BCUT2D eigenvalue weighted by atomic mass is 10.1. The topological polar surface area (TPSA) is 32.6 Å². The first-order chi connectivity index (χ1) is 5.85. The van der Waals surface area contributed by atoms with E-state index in [4.69, 9.17) is 5.21 Å². The summed E-state index contributed by atoms with van der Waals surface area (Å²) in [5.41, 5.74) is 0.977. The van der Waals surface area contributed by atoms with Gasteiger partial charge in [0.2, 0.25) is 0 Å². The minimum atomic E-state index is 0.969. The molecule has 0 aromatic rings. The lowest BCUT2D eigenvalue weighted by Crippen LogP contribution is -1.98. The molecular formula is C10H21NO. The van der Waals surface area contributed by atoms with Crippen molar-refractivity contribution in [3.63, 3.8) is 0 Å². The fourth-order valence-electron chi connectivity index (χ4n) is 1.18. The Labute approximate surface area is 75.7 Å². The normalized spacial score (nSPS) is 12.0. The van der Waals surface area contributed by atoms with E-state index in [2.05, 4.69) is 19.0 Å². The van der Waals surface area contributed by atoms with Gasteiger partial charge in [-0.3, -0.25) is 0 Å². The number of oxime groups is 1. The van der Waals surface area contributed by atoms with E-state index in [9.17, 15) is 0 Å². The maximum absolute atomic E-state index is 8.64. The Bertz CT molecular complexity index is 121. The summed E-state index contributed by atoms with van der Waals surface area (Å²) in [5.74, 6) is 0. The zero-order valence-corrected chi connectivity index (χ0v) is 8.34. The summed E-state index contributed by atoms with van der Waals surface area (Å²) < 4.78 is 0. The average molecular weight is 171 g/mol. The predicted molar refractivity (Wildman–Crippen MR) is 52.9 cm³/mol. The molecule has 0 aliphatic rings. The van der Waals surface area contributed by atoms with E-state index in [1.165, 1.54) is 25.7 Å². The maximum Gasteiger partial charge on any atom is 0.0570 e. The second-order valence-electron chi connectivity index (χ2n) is 3.23. The molecule has 0 saturated carbocycles. The summed E-state index contributed by atoms with van der Waals surface area (Å²) in [5, 5.41) is 12.0. The van der Waals surface area contributed by atoms with Crippen LogP contribution in [-0.2, 0) is 0 Å². The van der Waals surface area contributed by atoms with Gasteiger partial charge in [0.05, 0.1) is 5.71 Å². The van der Waals surface area contributed by atoms with Gasteiger partial charge in [-0.15, -0.1) is 0 Å². The van der Waals surface area contributed by atoms with Crippen molar-refractivity contribution in [2.45, 2.75) is 58.8 Å². The van der Waals surface area contributed by atoms with Crippen LogP contribution in [0.4, 0.5) is 0 Å². The van der Waals surface area contributed by atoms with Crippen LogP contribution < -0.4 is 0 Å². The molecule has 0 unspecified atom stereocenters. The number of unbranched alkanes of at least 4 members (excludes halogenated alkanes) is 3. The van der Waals surface area contributed by atoms with Crippen LogP contribution >= 0.6 is 0 Å². The molecule has 12 heavy (non-hydrogen) atoms. The molecule has 0 aliphatic heterocycles. The minimum Gasteiger partial charge on any atom is -0.411 e. The smallest absolute Gasteiger partial charge is 0.0570 e. The van der Waals surface area contributed by atoms with E-state index in [1.807, 2.05) is 0 Å². The molecule has 72 valence electrons. The fraction of sp³-hybridized carbons (Fsp3) is 0.900. The zero-order chi connectivity index (χ0) is 9.23. The van der Waals surface area contributed by atoms with Crippen molar-refractivity contribution in [2.75, 3.05) is 0 Å². The number of hydrogen-bond acceptors (Lipinski definition) is 2. The SMILES string of the molecule is CCCCC/C(CCCC)=N/O. The summed E-state index contributed by atoms with van der Waals surface area (Å²) in [6, 6.07) is 0. The Morgan fingerprint density at radius 3 is 2.08 bits per heavy atom. The van der Waals surface area contributed by atoms with Crippen molar-refractivity contribution in [2.24, 2.45) is 5.16 Å². The molecule has 0 fully saturated rings. The molecule has 0 bridgehead atoms. The summed E-state index contributed by atoms with van der Waals surface area (Å²) in [6.45, 7) is 4.34. The molecule has 0 aromatic carbocycles. The lowest BCUT2D eigenvalue weighted by Gasteiger charge is -2.01. The van der Waals surface area contributed by atoms with Crippen molar-refractivity contribution in [1.29, 1.82) is 0 Å². The quantitative estimate of drug-likeness (QED) is 0.270. The van der Waals surface area contributed by atoms with Crippen LogP contribution in [0.5, 0.6) is 0 Å². The third kappa shape index (κ3) is 6.20. The molecule has 0 amide bonds. The van der Waals surface area contributed by atoms with Gasteiger partial charge in [0.25, 0.3) is 0 Å². The van der Waals surface area contributed by atoms with Gasteiger partial charge in [-0.25, -0.2) is 0 Å². The number of nitrogens with zero attached hydrogens (tertiary/aromatic N) is 1. The highest BCUT2D eigenvalue weighted by Gasteiger charge is 1.98. The predicted octanol–water partition coefficient (Wildman–Crippen LogP) is 3.59. The van der Waals surface area contributed by atoms with Crippen LogP contribution in [0.25, 0.3) is 0 Å². The highest BCUT2D eigenvalue weighted by Crippen LogP contribution is 2.06. The van der Waals surface area contributed by atoms with E-state index in [1.54, 1.807) is 0 Å². The van der Waals surface area contributed by atoms with Crippen LogP contribution in [0.2, 0.25) is 0 Å². The van der Waals surface area contributed by atoms with Gasteiger partial charge in [-0.2, -0.15) is 0 Å². The van der Waals surface area contributed by atoms with E-state index < -0.39 is 0 Å². The van der Waals surface area contributed by atoms with Crippen LogP contribution in [0.1, 0.15) is 58.8 Å². The first kappa shape index (κ1) is 11.5. The monoisotopic (exact) mass is 171 g/mol. The van der Waals surface area contributed by atoms with Crippen LogP contribution in [0.15, 0.2) is 5.16 Å². The average Bonchev–Trinajstić information content (AvgIpc) is 2.11. The van der Waals surface area contributed by atoms with Crippen molar-refractivity contribution in [3.8, 4) is 0 Å². The molecular weight excluding hydrogens is 150 g/mol. The van der Waals surface area contributed by atoms with Gasteiger partial charge in [0.1, 0.15) is 0 Å². The van der Waals surface area contributed by atoms with Crippen LogP contribution in [0.3, 0.4) is 0 Å². The minimum absolute atomic E-state index is 0.969. The van der Waals surface area contributed by atoms with Crippen LogP contribution in [0, 0.1) is 0 Å². The Morgan fingerprint density at radius 2 is 1.58 bits per heavy atom. The van der Waals surface area contributed by atoms with Gasteiger partial charge in [-0.05, 0) is 25.7 Å². The summed E-state index contributed by atoms with van der Waals surface area (Å²) in [4.78, 5) is 0. The van der Waals surface area contributed by atoms with E-state index in [0.29, 0.717) is 0 Å². The summed E-state index contributed by atoms with van der Waals surface area (Å²) in [6.07, 6.45) is 7.90. The Kier molecular flexibility index (Phi) is 8.19. The Balaban J connectivity index is 3.41. The third-order valence-corrected chi connectivity index (χ3v) is 2.03. The Hall–Kier alpha value is -0.530. The molecule has 0 aliphatic carbocycles. The largest absolute Gasteiger partial charge is 0.411 e. The van der Waals surface area contributed by atoms with Crippen LogP contribution in [-0.4, -0.2) is 10.9 Å². The van der Waals surface area contributed by atoms with Crippen molar-refractivity contribution in [3.05, 3.63) is 0 Å². The molecule has 0 radical (unpaired) electrons. The summed E-state index contributed by atoms with van der Waals surface area (Å²) in [7, 11) is 0. The first-order valence-electron chi connectivity index (χ1n) is 5.04. The van der Waals surface area contributed by atoms with Gasteiger partial charge in [-0.1, -0.05) is 38.3 Å². The number of rotatable bonds is 7. The Morgan fingerprint density at radius 1 is 1.00 bits per heavy atom. The molecule has 0 aromatic heterocycles. The highest BCUT2D eigenvalue weighted by molar-refractivity contribution is 5.83. The molecule has 0 heterocycles. The van der Waals surface area contributed by atoms with E-state index >= 15 is 0 Å². The first-order valence-corrected chi connectivity index (χ1v) is 5.04. The van der Waals surface area contributed by atoms with Crippen molar-refractivity contribution < 1.29 is 5.21 Å². The van der Waals surface area contributed by atoms with Gasteiger partial charge < -0.3 is 5.21 Å². The second kappa shape index (κ2) is 8.57. The molecule has 0 atom stereocenters. The van der Waals surface area contributed by atoms with Gasteiger partial charge in [0, 0.05) is 0 Å². The summed E-state index contributed by atoms with van der Waals surface area (Å²) >= 11 is 0. The number of hydrogen-bond donors (Lipinski definition) is 1. The highest BCUT2D eigenvalue weighted by atomic mass is 16.4. The second-order valence-corrected chi connectivity index (χ2v) is 3.23. The molecule has 2 nitrogen and oxygen atoms in total. The molecule has 2 heteroatoms. The van der Waals surface area contributed by atoms with E-state index in [-0.39, 0.29) is 0 Å². The maximum atomic E-state index is 8.64. The zero-order valence-electron chi connectivity index (χ0n) is 8.34. The molecule has 0 spiro atoms. The van der Waals surface area contributed by atoms with E-state index in [0.717, 1.165) is 25.0 Å².